The lowest BCUT2D eigenvalue weighted by Gasteiger charge is -2.35. The van der Waals surface area contributed by atoms with E-state index in [4.69, 9.17) is 0 Å². The number of hydrogen-bond acceptors (Lipinski definition) is 5. The molecule has 2 aromatic heterocycles. The van der Waals surface area contributed by atoms with Crippen LogP contribution < -0.4 is 9.80 Å². The second-order valence-electron chi connectivity index (χ2n) is 5.51. The van der Waals surface area contributed by atoms with E-state index >= 15 is 0 Å². The minimum atomic E-state index is -4.34. The highest BCUT2D eigenvalue weighted by molar-refractivity contribution is 7.15. The molecule has 4 nitrogen and oxygen atoms in total. The summed E-state index contributed by atoms with van der Waals surface area (Å²) in [5, 5.41) is 0.983. The molecule has 124 valence electrons. The Morgan fingerprint density at radius 3 is 2.30 bits per heavy atom. The van der Waals surface area contributed by atoms with Gasteiger partial charge in [-0.25, -0.2) is 9.97 Å². The summed E-state index contributed by atoms with van der Waals surface area (Å²) in [4.78, 5) is 13.9. The van der Waals surface area contributed by atoms with E-state index in [1.807, 2.05) is 18.7 Å². The van der Waals surface area contributed by atoms with Gasteiger partial charge in [-0.15, -0.1) is 11.3 Å². The second-order valence-corrected chi connectivity index (χ2v) is 6.69. The summed E-state index contributed by atoms with van der Waals surface area (Å²) in [6, 6.07) is 2.12. The first kappa shape index (κ1) is 16.0. The van der Waals surface area contributed by atoms with E-state index in [2.05, 4.69) is 14.9 Å². The third-order valence-electron chi connectivity index (χ3n) is 3.96. The monoisotopic (exact) mass is 342 g/mol. The third kappa shape index (κ3) is 3.41. The Balaban J connectivity index is 1.69. The molecule has 1 aliphatic heterocycles. The minimum Gasteiger partial charge on any atom is -0.353 e. The lowest BCUT2D eigenvalue weighted by atomic mass is 10.2. The molecule has 0 atom stereocenters. The topological polar surface area (TPSA) is 32.3 Å². The van der Waals surface area contributed by atoms with Crippen molar-refractivity contribution in [2.75, 3.05) is 36.0 Å². The standard InChI is InChI=1S/C15H17F3N4S/c1-10-11(2)23-14(20-10)22-7-5-21(6-8-22)13-9-12(3-4-19-13)15(16,17)18/h3-4,9H,5-8H2,1-2H3. The fourth-order valence-electron chi connectivity index (χ4n) is 2.49. The van der Waals surface area contributed by atoms with Gasteiger partial charge in [-0.2, -0.15) is 13.2 Å². The van der Waals surface area contributed by atoms with E-state index < -0.39 is 11.7 Å². The van der Waals surface area contributed by atoms with Gasteiger partial charge in [-0.05, 0) is 26.0 Å². The van der Waals surface area contributed by atoms with Crippen molar-refractivity contribution in [2.45, 2.75) is 20.0 Å². The van der Waals surface area contributed by atoms with E-state index in [1.165, 1.54) is 11.1 Å². The van der Waals surface area contributed by atoms with Crippen molar-refractivity contribution in [2.24, 2.45) is 0 Å². The number of nitrogens with zero attached hydrogens (tertiary/aromatic N) is 4. The molecule has 0 aliphatic carbocycles. The van der Waals surface area contributed by atoms with Crippen LogP contribution in [0.3, 0.4) is 0 Å². The number of anilines is 2. The van der Waals surface area contributed by atoms with Crippen LogP contribution in [0.15, 0.2) is 18.3 Å². The molecule has 0 radical (unpaired) electrons. The zero-order valence-electron chi connectivity index (χ0n) is 12.9. The number of piperazine rings is 1. The van der Waals surface area contributed by atoms with E-state index in [0.717, 1.165) is 36.0 Å². The Kier molecular flexibility index (Phi) is 4.18. The molecule has 8 heteroatoms. The number of rotatable bonds is 2. The molecule has 0 N–H and O–H groups in total. The van der Waals surface area contributed by atoms with Gasteiger partial charge in [0, 0.05) is 37.3 Å². The number of alkyl halides is 3. The van der Waals surface area contributed by atoms with Crippen LogP contribution in [0.4, 0.5) is 24.1 Å². The molecule has 0 saturated carbocycles. The Morgan fingerprint density at radius 1 is 1.09 bits per heavy atom. The maximum atomic E-state index is 12.8. The summed E-state index contributed by atoms with van der Waals surface area (Å²) in [6.07, 6.45) is -3.12. The molecular formula is C15H17F3N4S. The van der Waals surface area contributed by atoms with Crippen molar-refractivity contribution in [1.29, 1.82) is 0 Å². The number of hydrogen-bond donors (Lipinski definition) is 0. The van der Waals surface area contributed by atoms with Crippen molar-refractivity contribution in [3.63, 3.8) is 0 Å². The lowest BCUT2D eigenvalue weighted by Crippen LogP contribution is -2.46. The minimum absolute atomic E-state index is 0.381. The number of thiazole rings is 1. The molecule has 1 aliphatic rings. The van der Waals surface area contributed by atoms with E-state index in [-0.39, 0.29) is 0 Å². The van der Waals surface area contributed by atoms with Gasteiger partial charge in [0.15, 0.2) is 5.13 Å². The van der Waals surface area contributed by atoms with Gasteiger partial charge >= 0.3 is 6.18 Å². The molecule has 1 saturated heterocycles. The summed E-state index contributed by atoms with van der Waals surface area (Å²) < 4.78 is 38.4. The number of halogens is 3. The largest absolute Gasteiger partial charge is 0.416 e. The molecule has 3 rings (SSSR count). The molecule has 0 unspecified atom stereocenters. The number of pyridine rings is 1. The van der Waals surface area contributed by atoms with E-state index in [0.29, 0.717) is 18.9 Å². The molecule has 0 aromatic carbocycles. The Hall–Kier alpha value is -1.83. The van der Waals surface area contributed by atoms with Gasteiger partial charge < -0.3 is 9.80 Å². The van der Waals surface area contributed by atoms with Gasteiger partial charge in [-0.3, -0.25) is 0 Å². The zero-order chi connectivity index (χ0) is 16.6. The van der Waals surface area contributed by atoms with Crippen LogP contribution in [-0.2, 0) is 6.18 Å². The number of aromatic nitrogens is 2. The summed E-state index contributed by atoms with van der Waals surface area (Å²) in [5.74, 6) is 0.381. The molecule has 2 aromatic rings. The first-order valence-electron chi connectivity index (χ1n) is 7.32. The van der Waals surface area contributed by atoms with Gasteiger partial charge in [0.1, 0.15) is 5.82 Å². The van der Waals surface area contributed by atoms with Crippen LogP contribution in [0.5, 0.6) is 0 Å². The quantitative estimate of drug-likeness (QED) is 0.836. The van der Waals surface area contributed by atoms with Gasteiger partial charge in [0.05, 0.1) is 11.3 Å². The van der Waals surface area contributed by atoms with Crippen LogP contribution in [0.1, 0.15) is 16.1 Å². The van der Waals surface area contributed by atoms with Crippen molar-refractivity contribution in [3.05, 3.63) is 34.5 Å². The Bertz CT molecular complexity index is 671. The van der Waals surface area contributed by atoms with Crippen LogP contribution in [0, 0.1) is 13.8 Å². The third-order valence-corrected chi connectivity index (χ3v) is 5.10. The maximum absolute atomic E-state index is 12.8. The fraction of sp³-hybridized carbons (Fsp3) is 0.467. The normalized spacial score (nSPS) is 16.0. The Labute approximate surface area is 136 Å². The molecule has 0 spiro atoms. The predicted octanol–water partition coefficient (Wildman–Crippen LogP) is 3.50. The van der Waals surface area contributed by atoms with Gasteiger partial charge in [-0.1, -0.05) is 0 Å². The predicted molar refractivity (Wildman–Crippen MR) is 85.3 cm³/mol. The molecule has 1 fully saturated rings. The molecule has 0 amide bonds. The van der Waals surface area contributed by atoms with E-state index in [1.54, 1.807) is 11.3 Å². The average Bonchev–Trinajstić information content (AvgIpc) is 2.86. The van der Waals surface area contributed by atoms with Crippen molar-refractivity contribution < 1.29 is 13.2 Å². The van der Waals surface area contributed by atoms with Crippen LogP contribution >= 0.6 is 11.3 Å². The lowest BCUT2D eigenvalue weighted by molar-refractivity contribution is -0.137. The van der Waals surface area contributed by atoms with Crippen molar-refractivity contribution >= 4 is 22.3 Å². The fourth-order valence-corrected chi connectivity index (χ4v) is 3.45. The van der Waals surface area contributed by atoms with Gasteiger partial charge in [0.25, 0.3) is 0 Å². The molecule has 23 heavy (non-hydrogen) atoms. The molecular weight excluding hydrogens is 325 g/mol. The maximum Gasteiger partial charge on any atom is 0.416 e. The highest BCUT2D eigenvalue weighted by Gasteiger charge is 2.31. The molecule has 0 bridgehead atoms. The first-order valence-corrected chi connectivity index (χ1v) is 8.13. The number of aryl methyl sites for hydroxylation is 2. The molecule has 3 heterocycles. The van der Waals surface area contributed by atoms with Gasteiger partial charge in [0.2, 0.25) is 0 Å². The van der Waals surface area contributed by atoms with Crippen LogP contribution in [0.25, 0.3) is 0 Å². The zero-order valence-corrected chi connectivity index (χ0v) is 13.7. The van der Waals surface area contributed by atoms with Crippen LogP contribution in [-0.4, -0.2) is 36.1 Å². The van der Waals surface area contributed by atoms with Crippen molar-refractivity contribution in [3.8, 4) is 0 Å². The summed E-state index contributed by atoms with van der Waals surface area (Å²) in [7, 11) is 0. The Morgan fingerprint density at radius 2 is 1.74 bits per heavy atom. The smallest absolute Gasteiger partial charge is 0.353 e. The average molecular weight is 342 g/mol. The summed E-state index contributed by atoms with van der Waals surface area (Å²) in [5.41, 5.74) is 0.378. The summed E-state index contributed by atoms with van der Waals surface area (Å²) >= 11 is 1.66. The summed E-state index contributed by atoms with van der Waals surface area (Å²) in [6.45, 7) is 6.74. The highest BCUT2D eigenvalue weighted by atomic mass is 32.1. The van der Waals surface area contributed by atoms with E-state index in [9.17, 15) is 13.2 Å². The SMILES string of the molecule is Cc1nc(N2CCN(c3cc(C(F)(F)F)ccn3)CC2)sc1C. The highest BCUT2D eigenvalue weighted by Crippen LogP contribution is 2.31. The van der Waals surface area contributed by atoms with Crippen molar-refractivity contribution in [1.82, 2.24) is 9.97 Å². The van der Waals surface area contributed by atoms with Crippen LogP contribution in [0.2, 0.25) is 0 Å². The second kappa shape index (κ2) is 5.99. The first-order chi connectivity index (χ1) is 10.8.